The van der Waals surface area contributed by atoms with Gasteiger partial charge in [0.1, 0.15) is 0 Å². The summed E-state index contributed by atoms with van der Waals surface area (Å²) in [4.78, 5) is 0. The molecule has 17 heteroatoms. The summed E-state index contributed by atoms with van der Waals surface area (Å²) in [5.41, 5.74) is 0. The van der Waals surface area contributed by atoms with Crippen molar-refractivity contribution in [3.63, 3.8) is 0 Å². The van der Waals surface area contributed by atoms with Crippen LogP contribution in [0.15, 0.2) is 0 Å². The third kappa shape index (κ3) is 12.1. The summed E-state index contributed by atoms with van der Waals surface area (Å²) in [5.74, 6) is 0. The van der Waals surface area contributed by atoms with Crippen molar-refractivity contribution in [2.75, 3.05) is 64.0 Å². The Labute approximate surface area is 232 Å². The molecule has 0 spiro atoms. The molecule has 0 radical (unpaired) electrons. The fourth-order valence-corrected chi connectivity index (χ4v) is 29.5. The number of rotatable bonds is 22. The second-order valence-corrected chi connectivity index (χ2v) is 32.0. The van der Waals surface area contributed by atoms with E-state index < -0.39 is 51.6 Å². The largest absolute Gasteiger partial charge is 0.500 e. The molecule has 0 bridgehead atoms. The minimum absolute atomic E-state index is 0.605. The highest BCUT2D eigenvalue weighted by Crippen LogP contribution is 2.34. The zero-order valence-corrected chi connectivity index (χ0v) is 31.7. The molecule has 0 aromatic rings. The number of hydrogen-bond donors (Lipinski definition) is 0. The lowest BCUT2D eigenvalue weighted by molar-refractivity contribution is 0.124. The Morgan fingerprint density at radius 2 is 0.541 bits per heavy atom. The molecule has 0 aliphatic carbocycles. The van der Waals surface area contributed by atoms with Crippen LogP contribution in [0.25, 0.3) is 0 Å². The molecule has 0 heterocycles. The van der Waals surface area contributed by atoms with E-state index in [1.165, 1.54) is 0 Å². The van der Waals surface area contributed by atoms with E-state index >= 15 is 0 Å². The van der Waals surface area contributed by atoms with Gasteiger partial charge in [-0.3, -0.25) is 0 Å². The third-order valence-corrected chi connectivity index (χ3v) is 28.4. The predicted octanol–water partition coefficient (Wildman–Crippen LogP) is 4.14. The molecule has 0 aliphatic rings. The maximum Gasteiger partial charge on any atom is 0.500 e. The first-order chi connectivity index (χ1) is 17.1. The topological polar surface area (TPSA) is 102 Å². The highest BCUT2D eigenvalue weighted by Gasteiger charge is 2.50. The molecule has 0 atom stereocenters. The van der Waals surface area contributed by atoms with Crippen molar-refractivity contribution < 1.29 is 48.1 Å². The van der Waals surface area contributed by atoms with Gasteiger partial charge in [-0.15, -0.1) is 0 Å². The van der Waals surface area contributed by atoms with Crippen molar-refractivity contribution in [2.24, 2.45) is 0 Å². The normalized spacial score (nSPS) is 14.4. The smallest absolute Gasteiger partial charge is 0.436 e. The second-order valence-electron chi connectivity index (χ2n) is 10.2. The lowest BCUT2D eigenvalue weighted by Crippen LogP contribution is -2.57. The first-order valence-electron chi connectivity index (χ1n) is 12.4. The molecular formula is C20H54O11Si6. The van der Waals surface area contributed by atoms with E-state index in [-0.39, 0.29) is 0 Å². The molecule has 0 aromatic carbocycles. The molecule has 0 N–H and O–H groups in total. The highest BCUT2D eigenvalue weighted by atomic mass is 28.5. The average Bonchev–Trinajstić information content (AvgIpc) is 2.87. The van der Waals surface area contributed by atoms with Crippen LogP contribution in [-0.4, -0.2) is 116 Å². The lowest BCUT2D eigenvalue weighted by atomic mass is 10.9. The van der Waals surface area contributed by atoms with Gasteiger partial charge in [-0.1, -0.05) is 0 Å². The Bertz CT molecular complexity index is 569. The maximum atomic E-state index is 7.05. The summed E-state index contributed by atoms with van der Waals surface area (Å²) < 4.78 is 65.1. The Kier molecular flexibility index (Phi) is 16.7. The first kappa shape index (κ1) is 37.9. The molecule has 0 aromatic heterocycles. The van der Waals surface area contributed by atoms with Crippen molar-refractivity contribution in [1.29, 1.82) is 0 Å². The van der Waals surface area contributed by atoms with Gasteiger partial charge in [0.2, 0.25) is 0 Å². The molecule has 224 valence electrons. The van der Waals surface area contributed by atoms with E-state index in [9.17, 15) is 0 Å². The second kappa shape index (κ2) is 16.3. The van der Waals surface area contributed by atoms with Crippen LogP contribution >= 0.6 is 0 Å². The zero-order chi connectivity index (χ0) is 29.0. The van der Waals surface area contributed by atoms with E-state index in [4.69, 9.17) is 48.1 Å². The monoisotopic (exact) mass is 638 g/mol. The molecule has 11 nitrogen and oxygen atoms in total. The van der Waals surface area contributed by atoms with Crippen LogP contribution in [-0.2, 0) is 48.1 Å². The SMILES string of the molecule is CO[Si](CC[Si](C)(C)O[Si](C)(CC[Si](OC)(OC)OC)O[Si](C)(C)CC[Si](OC)(OC)OC)(OC)OC. The van der Waals surface area contributed by atoms with Crippen LogP contribution < -0.4 is 0 Å². The molecule has 0 saturated carbocycles. The first-order valence-corrected chi connectivity index (χ1v) is 27.0. The Balaban J connectivity index is 5.91. The molecule has 0 saturated heterocycles. The molecule has 0 rings (SSSR count). The van der Waals surface area contributed by atoms with Gasteiger partial charge in [-0.05, 0) is 50.9 Å². The van der Waals surface area contributed by atoms with E-state index in [1.54, 1.807) is 64.0 Å². The summed E-state index contributed by atoms with van der Waals surface area (Å²) in [6.07, 6.45) is 0. The summed E-state index contributed by atoms with van der Waals surface area (Å²) in [7, 11) is -0.694. The highest BCUT2D eigenvalue weighted by molar-refractivity contribution is 6.89. The third-order valence-electron chi connectivity index (χ3n) is 6.74. The summed E-state index contributed by atoms with van der Waals surface area (Å²) in [5, 5.41) is 0. The average molecular weight is 639 g/mol. The van der Waals surface area contributed by atoms with Crippen molar-refractivity contribution in [3.8, 4) is 0 Å². The molecule has 0 aliphatic heterocycles. The molecule has 0 fully saturated rings. The minimum atomic E-state index is -2.81. The lowest BCUT2D eigenvalue weighted by Gasteiger charge is -2.42. The van der Waals surface area contributed by atoms with Gasteiger partial charge in [0.05, 0.1) is 0 Å². The molecule has 0 amide bonds. The fourth-order valence-electron chi connectivity index (χ4n) is 4.35. The summed E-state index contributed by atoms with van der Waals surface area (Å²) in [6.45, 7) is 11.0. The minimum Gasteiger partial charge on any atom is -0.436 e. The van der Waals surface area contributed by atoms with Crippen LogP contribution in [0.1, 0.15) is 0 Å². The predicted molar refractivity (Wildman–Crippen MR) is 158 cm³/mol. The van der Waals surface area contributed by atoms with Gasteiger partial charge >= 0.3 is 35.0 Å². The van der Waals surface area contributed by atoms with Crippen LogP contribution in [0, 0.1) is 0 Å². The van der Waals surface area contributed by atoms with Gasteiger partial charge < -0.3 is 48.1 Å². The van der Waals surface area contributed by atoms with Gasteiger partial charge in [-0.2, -0.15) is 0 Å². The Morgan fingerprint density at radius 3 is 0.757 bits per heavy atom. The van der Waals surface area contributed by atoms with Crippen molar-refractivity contribution in [3.05, 3.63) is 0 Å². The van der Waals surface area contributed by atoms with Crippen LogP contribution in [0.3, 0.4) is 0 Å². The molecular weight excluding hydrogens is 585 g/mol. The van der Waals surface area contributed by atoms with E-state index in [2.05, 4.69) is 32.7 Å². The quantitative estimate of drug-likeness (QED) is 0.160. The van der Waals surface area contributed by atoms with Gasteiger partial charge in [-0.25, -0.2) is 0 Å². The van der Waals surface area contributed by atoms with Crippen molar-refractivity contribution in [1.82, 2.24) is 0 Å². The fraction of sp³-hybridized carbons (Fsp3) is 1.00. The number of hydrogen-bond acceptors (Lipinski definition) is 11. The van der Waals surface area contributed by atoms with E-state index in [0.29, 0.717) is 24.2 Å². The summed E-state index contributed by atoms with van der Waals surface area (Å²) in [6, 6.07) is 4.28. The van der Waals surface area contributed by atoms with E-state index in [1.807, 2.05) is 0 Å². The molecule has 0 unspecified atom stereocenters. The van der Waals surface area contributed by atoms with Crippen LogP contribution in [0.5, 0.6) is 0 Å². The standard InChI is InChI=1S/C20H54O11Si6/c1-21-35(22-2,23-3)18-15-32(10,11)30-34(14,17-20-37(27-7,28-8)29-9)31-33(12,13)16-19-36(24-4,25-5)26-6/h15-20H2,1-14H3. The van der Waals surface area contributed by atoms with Crippen LogP contribution in [0.4, 0.5) is 0 Å². The zero-order valence-electron chi connectivity index (χ0n) is 25.7. The van der Waals surface area contributed by atoms with Crippen molar-refractivity contribution >= 4 is 51.6 Å². The van der Waals surface area contributed by atoms with E-state index in [0.717, 1.165) is 12.1 Å². The Hall–Kier alpha value is 0.861. The summed E-state index contributed by atoms with van der Waals surface area (Å²) >= 11 is 0. The van der Waals surface area contributed by atoms with Crippen molar-refractivity contribution in [2.45, 2.75) is 69.0 Å². The van der Waals surface area contributed by atoms with Crippen LogP contribution in [0.2, 0.25) is 69.0 Å². The maximum absolute atomic E-state index is 7.05. The molecule has 37 heavy (non-hydrogen) atoms. The van der Waals surface area contributed by atoms with Gasteiger partial charge in [0.25, 0.3) is 0 Å². The van der Waals surface area contributed by atoms with Gasteiger partial charge in [0, 0.05) is 82.1 Å². The van der Waals surface area contributed by atoms with Gasteiger partial charge in [0.15, 0.2) is 16.6 Å². The Morgan fingerprint density at radius 1 is 0.324 bits per heavy atom.